The Hall–Kier alpha value is -0.880. The number of aryl methyl sites for hydroxylation is 2. The van der Waals surface area contributed by atoms with E-state index in [-0.39, 0.29) is 0 Å². The molecule has 0 aliphatic rings. The molecule has 0 fully saturated rings. The van der Waals surface area contributed by atoms with Gasteiger partial charge in [0.25, 0.3) is 0 Å². The van der Waals surface area contributed by atoms with Gasteiger partial charge in [0.1, 0.15) is 5.82 Å². The van der Waals surface area contributed by atoms with E-state index < -0.39 is 0 Å². The molecule has 0 radical (unpaired) electrons. The number of hydrogen-bond donors (Lipinski definition) is 1. The first-order valence-electron chi connectivity index (χ1n) is 6.63. The lowest BCUT2D eigenvalue weighted by Crippen LogP contribution is -2.07. The quantitative estimate of drug-likeness (QED) is 0.754. The second-order valence-corrected chi connectivity index (χ2v) is 5.99. The number of hydrogen-bond acceptors (Lipinski definition) is 3. The fourth-order valence-corrected chi connectivity index (χ4v) is 2.87. The predicted octanol–water partition coefficient (Wildman–Crippen LogP) is 4.70. The summed E-state index contributed by atoms with van der Waals surface area (Å²) >= 11 is 8.50. The molecule has 0 spiro atoms. The fraction of sp³-hybridized carbons (Fsp3) is 0.333. The number of halogens is 2. The van der Waals surface area contributed by atoms with Crippen LogP contribution in [0.2, 0.25) is 5.02 Å². The summed E-state index contributed by atoms with van der Waals surface area (Å²) in [6.07, 6.45) is 0.881. The van der Waals surface area contributed by atoms with Crippen molar-refractivity contribution in [3.8, 4) is 11.4 Å². The zero-order valence-corrected chi connectivity index (χ0v) is 14.7. The van der Waals surface area contributed by atoms with E-state index in [0.29, 0.717) is 0 Å². The minimum atomic E-state index is 0.722. The molecule has 1 aromatic heterocycles. The van der Waals surface area contributed by atoms with Crippen LogP contribution in [-0.4, -0.2) is 16.5 Å². The van der Waals surface area contributed by atoms with Gasteiger partial charge in [-0.05, 0) is 54.5 Å². The van der Waals surface area contributed by atoms with Crippen LogP contribution in [0, 0.1) is 10.5 Å². The first kappa shape index (κ1) is 15.5. The molecule has 1 aromatic carbocycles. The molecule has 2 rings (SSSR count). The molecule has 5 heteroatoms. The van der Waals surface area contributed by atoms with E-state index in [1.54, 1.807) is 0 Å². The zero-order chi connectivity index (χ0) is 14.7. The molecule has 0 unspecified atom stereocenters. The predicted molar refractivity (Wildman–Crippen MR) is 93.5 cm³/mol. The highest BCUT2D eigenvalue weighted by Crippen LogP contribution is 2.27. The second kappa shape index (κ2) is 6.72. The van der Waals surface area contributed by atoms with Crippen molar-refractivity contribution in [2.75, 3.05) is 11.9 Å². The molecule has 0 atom stereocenters. The Labute approximate surface area is 138 Å². The molecule has 1 heterocycles. The Kier molecular flexibility index (Phi) is 5.21. The normalized spacial score (nSPS) is 10.7. The smallest absolute Gasteiger partial charge is 0.161 e. The van der Waals surface area contributed by atoms with E-state index in [9.17, 15) is 0 Å². The molecular weight excluding hydrogens is 385 g/mol. The van der Waals surface area contributed by atoms with Gasteiger partial charge in [0.2, 0.25) is 0 Å². The summed E-state index contributed by atoms with van der Waals surface area (Å²) < 4.78 is 1.09. The summed E-state index contributed by atoms with van der Waals surface area (Å²) in [4.78, 5) is 9.28. The first-order chi connectivity index (χ1) is 9.56. The maximum absolute atomic E-state index is 6.20. The van der Waals surface area contributed by atoms with E-state index in [4.69, 9.17) is 11.6 Å². The van der Waals surface area contributed by atoms with Crippen LogP contribution in [0.1, 0.15) is 25.1 Å². The number of nitrogens with zero attached hydrogens (tertiary/aromatic N) is 2. The Balaban J connectivity index is 2.55. The van der Waals surface area contributed by atoms with Gasteiger partial charge in [-0.1, -0.05) is 30.7 Å². The lowest BCUT2D eigenvalue weighted by Gasteiger charge is -2.12. The van der Waals surface area contributed by atoms with Crippen LogP contribution in [-0.2, 0) is 6.42 Å². The van der Waals surface area contributed by atoms with E-state index in [1.807, 2.05) is 25.1 Å². The third kappa shape index (κ3) is 3.23. The standard InChI is InChI=1S/C15H17ClIN3/c1-4-12-13(17)15(18-5-2)20-14(19-12)10-7-6-9(3)11(16)8-10/h6-8H,4-5H2,1-3H3,(H,18,19,20). The van der Waals surface area contributed by atoms with Crippen molar-refractivity contribution < 1.29 is 0 Å². The van der Waals surface area contributed by atoms with Crippen molar-refractivity contribution in [3.05, 3.63) is 38.0 Å². The third-order valence-electron chi connectivity index (χ3n) is 3.03. The van der Waals surface area contributed by atoms with Crippen molar-refractivity contribution in [2.24, 2.45) is 0 Å². The fourth-order valence-electron chi connectivity index (χ4n) is 1.87. The summed E-state index contributed by atoms with van der Waals surface area (Å²) in [7, 11) is 0. The van der Waals surface area contributed by atoms with Crippen LogP contribution >= 0.6 is 34.2 Å². The van der Waals surface area contributed by atoms with Gasteiger partial charge >= 0.3 is 0 Å². The lowest BCUT2D eigenvalue weighted by atomic mass is 10.1. The van der Waals surface area contributed by atoms with Crippen molar-refractivity contribution in [1.82, 2.24) is 9.97 Å². The van der Waals surface area contributed by atoms with Gasteiger partial charge in [0.05, 0.1) is 9.26 Å². The molecule has 106 valence electrons. The van der Waals surface area contributed by atoms with E-state index in [1.165, 1.54) is 0 Å². The van der Waals surface area contributed by atoms with Crippen molar-refractivity contribution >= 4 is 40.0 Å². The van der Waals surface area contributed by atoms with E-state index in [2.05, 4.69) is 51.7 Å². The topological polar surface area (TPSA) is 37.8 Å². The van der Waals surface area contributed by atoms with Crippen LogP contribution in [0.5, 0.6) is 0 Å². The Bertz CT molecular complexity index is 629. The maximum atomic E-state index is 6.20. The number of benzene rings is 1. The van der Waals surface area contributed by atoms with Crippen molar-refractivity contribution in [1.29, 1.82) is 0 Å². The number of anilines is 1. The lowest BCUT2D eigenvalue weighted by molar-refractivity contribution is 0.982. The van der Waals surface area contributed by atoms with E-state index >= 15 is 0 Å². The highest BCUT2D eigenvalue weighted by molar-refractivity contribution is 14.1. The summed E-state index contributed by atoms with van der Waals surface area (Å²) in [5, 5.41) is 4.04. The molecule has 0 aliphatic heterocycles. The monoisotopic (exact) mass is 401 g/mol. The highest BCUT2D eigenvalue weighted by Gasteiger charge is 2.12. The summed E-state index contributed by atoms with van der Waals surface area (Å²) in [6.45, 7) is 6.99. The molecule has 0 saturated heterocycles. The summed E-state index contributed by atoms with van der Waals surface area (Å²) in [5.41, 5.74) is 3.07. The minimum Gasteiger partial charge on any atom is -0.369 e. The molecule has 0 bridgehead atoms. The maximum Gasteiger partial charge on any atom is 0.161 e. The molecular formula is C15H17ClIN3. The molecule has 1 N–H and O–H groups in total. The average Bonchev–Trinajstić information content (AvgIpc) is 2.44. The molecule has 20 heavy (non-hydrogen) atoms. The number of rotatable bonds is 4. The van der Waals surface area contributed by atoms with Gasteiger partial charge in [0.15, 0.2) is 5.82 Å². The van der Waals surface area contributed by atoms with E-state index in [0.717, 1.165) is 50.0 Å². The number of nitrogens with one attached hydrogen (secondary N) is 1. The second-order valence-electron chi connectivity index (χ2n) is 4.50. The van der Waals surface area contributed by atoms with Gasteiger partial charge in [0, 0.05) is 17.1 Å². The van der Waals surface area contributed by atoms with Gasteiger partial charge in [-0.25, -0.2) is 9.97 Å². The van der Waals surface area contributed by atoms with Crippen molar-refractivity contribution in [2.45, 2.75) is 27.2 Å². The minimum absolute atomic E-state index is 0.722. The van der Waals surface area contributed by atoms with Gasteiger partial charge < -0.3 is 5.32 Å². The average molecular weight is 402 g/mol. The van der Waals surface area contributed by atoms with Crippen LogP contribution < -0.4 is 5.32 Å². The SMILES string of the molecule is CCNc1nc(-c2ccc(C)c(Cl)c2)nc(CC)c1I. The Morgan fingerprint density at radius 1 is 1.25 bits per heavy atom. The van der Waals surface area contributed by atoms with Crippen molar-refractivity contribution in [3.63, 3.8) is 0 Å². The summed E-state index contributed by atoms with van der Waals surface area (Å²) in [5.74, 6) is 1.62. The Morgan fingerprint density at radius 2 is 2.00 bits per heavy atom. The van der Waals surface area contributed by atoms with Crippen LogP contribution in [0.25, 0.3) is 11.4 Å². The van der Waals surface area contributed by atoms with Crippen LogP contribution in [0.4, 0.5) is 5.82 Å². The molecule has 2 aromatic rings. The third-order valence-corrected chi connectivity index (χ3v) is 4.57. The molecule has 0 amide bonds. The van der Waals surface area contributed by atoms with Gasteiger partial charge in [-0.2, -0.15) is 0 Å². The van der Waals surface area contributed by atoms with Crippen LogP contribution in [0.3, 0.4) is 0 Å². The summed E-state index contributed by atoms with van der Waals surface area (Å²) in [6, 6.07) is 5.93. The molecule has 0 saturated carbocycles. The Morgan fingerprint density at radius 3 is 2.60 bits per heavy atom. The van der Waals surface area contributed by atoms with Crippen LogP contribution in [0.15, 0.2) is 18.2 Å². The van der Waals surface area contributed by atoms with Gasteiger partial charge in [-0.3, -0.25) is 0 Å². The first-order valence-corrected chi connectivity index (χ1v) is 8.09. The highest BCUT2D eigenvalue weighted by atomic mass is 127. The molecule has 3 nitrogen and oxygen atoms in total. The largest absolute Gasteiger partial charge is 0.369 e. The number of aromatic nitrogens is 2. The molecule has 0 aliphatic carbocycles. The zero-order valence-electron chi connectivity index (χ0n) is 11.8. The van der Waals surface area contributed by atoms with Gasteiger partial charge in [-0.15, -0.1) is 0 Å².